The van der Waals surface area contributed by atoms with Crippen LogP contribution in [-0.4, -0.2) is 25.1 Å². The molecule has 0 fully saturated rings. The van der Waals surface area contributed by atoms with Gasteiger partial charge in [-0.2, -0.15) is 9.49 Å². The summed E-state index contributed by atoms with van der Waals surface area (Å²) in [4.78, 5) is 13.2. The average Bonchev–Trinajstić information content (AvgIpc) is 3.50. The van der Waals surface area contributed by atoms with Crippen molar-refractivity contribution >= 4 is 33.6 Å². The molecule has 0 atom stereocenters. The zero-order chi connectivity index (χ0) is 22.2. The van der Waals surface area contributed by atoms with Crippen molar-refractivity contribution in [3.05, 3.63) is 88.8 Å². The van der Waals surface area contributed by atoms with Gasteiger partial charge in [-0.05, 0) is 43.3 Å². The first kappa shape index (κ1) is 19.9. The van der Waals surface area contributed by atoms with E-state index in [4.69, 9.17) is 10.7 Å². The first-order valence-corrected chi connectivity index (χ1v) is 10.7. The topological polar surface area (TPSA) is 96.3 Å². The summed E-state index contributed by atoms with van der Waals surface area (Å²) in [5.41, 5.74) is 13.9. The summed E-state index contributed by atoms with van der Waals surface area (Å²) in [5.74, 6) is 0. The molecule has 0 unspecified atom stereocenters. The Balaban J connectivity index is 1.61. The number of anilines is 1. The molecule has 5 heterocycles. The molecule has 0 aliphatic carbocycles. The van der Waals surface area contributed by atoms with Gasteiger partial charge in [-0.25, -0.2) is 4.98 Å². The molecule has 158 valence electrons. The van der Waals surface area contributed by atoms with Crippen LogP contribution in [0.1, 0.15) is 16.1 Å². The number of fused-ring (bicyclic) bond motifs is 1. The Hall–Kier alpha value is -4.04. The highest BCUT2D eigenvalue weighted by molar-refractivity contribution is 7.11. The lowest BCUT2D eigenvalue weighted by atomic mass is 10.0. The molecular formula is C24H19FN6S. The molecular weight excluding hydrogens is 423 g/mol. The summed E-state index contributed by atoms with van der Waals surface area (Å²) in [6.07, 6.45) is 6.92. The van der Waals surface area contributed by atoms with Gasteiger partial charge in [0, 0.05) is 39.7 Å². The fraction of sp³-hybridized carbons (Fsp3) is 0.0417. The predicted octanol–water partition coefficient (Wildman–Crippen LogP) is 5.72. The minimum atomic E-state index is -0.227. The third-order valence-corrected chi connectivity index (χ3v) is 6.05. The molecule has 32 heavy (non-hydrogen) atoms. The van der Waals surface area contributed by atoms with Crippen LogP contribution in [0.5, 0.6) is 0 Å². The van der Waals surface area contributed by atoms with Gasteiger partial charge in [0.2, 0.25) is 0 Å². The minimum absolute atomic E-state index is 0.227. The summed E-state index contributed by atoms with van der Waals surface area (Å²) in [6, 6.07) is 10.9. The second-order valence-electron chi connectivity index (χ2n) is 7.31. The number of nitrogens with two attached hydrogens (primary N) is 1. The van der Waals surface area contributed by atoms with Gasteiger partial charge in [0.15, 0.2) is 5.13 Å². The molecule has 6 nitrogen and oxygen atoms in total. The average molecular weight is 443 g/mol. The van der Waals surface area contributed by atoms with Gasteiger partial charge in [0.25, 0.3) is 0 Å². The molecule has 5 aromatic heterocycles. The molecule has 5 rings (SSSR count). The van der Waals surface area contributed by atoms with E-state index < -0.39 is 0 Å². The van der Waals surface area contributed by atoms with Crippen LogP contribution in [0.15, 0.2) is 67.5 Å². The third-order valence-electron chi connectivity index (χ3n) is 5.15. The molecule has 0 saturated heterocycles. The maximum Gasteiger partial charge on any atom is 0.176 e. The molecule has 0 aliphatic heterocycles. The monoisotopic (exact) mass is 442 g/mol. The number of nitrogen functional groups attached to an aromatic ring is 1. The highest BCUT2D eigenvalue weighted by Gasteiger charge is 2.18. The maximum atomic E-state index is 13.7. The third kappa shape index (κ3) is 3.50. The van der Waals surface area contributed by atoms with E-state index in [0.29, 0.717) is 11.4 Å². The Bertz CT molecular complexity index is 1490. The van der Waals surface area contributed by atoms with Crippen LogP contribution in [0.4, 0.5) is 10.1 Å². The molecule has 0 radical (unpaired) electrons. The van der Waals surface area contributed by atoms with Gasteiger partial charge in [0.1, 0.15) is 11.2 Å². The number of hydrogen-bond acceptors (Lipinski definition) is 5. The first-order chi connectivity index (χ1) is 15.5. The smallest absolute Gasteiger partial charge is 0.176 e. The van der Waals surface area contributed by atoms with Crippen molar-refractivity contribution in [2.24, 2.45) is 0 Å². The van der Waals surface area contributed by atoms with Crippen molar-refractivity contribution < 1.29 is 4.39 Å². The summed E-state index contributed by atoms with van der Waals surface area (Å²) in [5, 5.41) is 7.31. The molecule has 0 saturated carbocycles. The minimum Gasteiger partial charge on any atom is -0.397 e. The van der Waals surface area contributed by atoms with E-state index in [-0.39, 0.29) is 5.13 Å². The van der Waals surface area contributed by atoms with Gasteiger partial charge in [0.05, 0.1) is 22.6 Å². The van der Waals surface area contributed by atoms with Crippen molar-refractivity contribution in [3.8, 4) is 22.6 Å². The van der Waals surface area contributed by atoms with Gasteiger partial charge in [-0.15, -0.1) is 11.3 Å². The Morgan fingerprint density at radius 3 is 2.81 bits per heavy atom. The van der Waals surface area contributed by atoms with Gasteiger partial charge >= 0.3 is 0 Å². The number of aromatic nitrogens is 5. The van der Waals surface area contributed by atoms with Gasteiger partial charge < -0.3 is 10.7 Å². The number of nitrogens with zero attached hydrogens (tertiary/aromatic N) is 3. The summed E-state index contributed by atoms with van der Waals surface area (Å²) < 4.78 is 13.7. The number of halogens is 1. The van der Waals surface area contributed by atoms with Crippen LogP contribution in [0.2, 0.25) is 0 Å². The number of nitrogens with one attached hydrogen (secondary N) is 2. The summed E-state index contributed by atoms with van der Waals surface area (Å²) in [6.45, 7) is 5.79. The summed E-state index contributed by atoms with van der Waals surface area (Å²) in [7, 11) is 0. The van der Waals surface area contributed by atoms with Crippen molar-refractivity contribution in [1.29, 1.82) is 0 Å². The SMILES string of the molecule is C=C/C=C(/c1ccc(F)s1)c1cc(-c2n[nH]c3ccc(-c4cncc(N)c4)nc23)[nH]c1C. The van der Waals surface area contributed by atoms with E-state index in [2.05, 4.69) is 26.7 Å². The van der Waals surface area contributed by atoms with Crippen molar-refractivity contribution in [2.75, 3.05) is 5.73 Å². The second-order valence-corrected chi connectivity index (χ2v) is 8.35. The molecule has 0 bridgehead atoms. The van der Waals surface area contributed by atoms with E-state index in [1.54, 1.807) is 24.5 Å². The fourth-order valence-corrected chi connectivity index (χ4v) is 4.46. The number of pyridine rings is 2. The number of aryl methyl sites for hydroxylation is 1. The van der Waals surface area contributed by atoms with E-state index in [1.165, 1.54) is 6.07 Å². The second kappa shape index (κ2) is 7.90. The number of aromatic amines is 2. The molecule has 0 aliphatic rings. The van der Waals surface area contributed by atoms with Crippen LogP contribution < -0.4 is 5.73 Å². The van der Waals surface area contributed by atoms with Crippen molar-refractivity contribution in [3.63, 3.8) is 0 Å². The lowest BCUT2D eigenvalue weighted by Crippen LogP contribution is -1.90. The molecule has 5 aromatic rings. The molecule has 0 amide bonds. The van der Waals surface area contributed by atoms with E-state index in [0.717, 1.165) is 61.0 Å². The van der Waals surface area contributed by atoms with Crippen LogP contribution in [0, 0.1) is 12.1 Å². The summed E-state index contributed by atoms with van der Waals surface area (Å²) >= 11 is 1.10. The van der Waals surface area contributed by atoms with E-state index in [9.17, 15) is 4.39 Å². The zero-order valence-electron chi connectivity index (χ0n) is 17.2. The first-order valence-electron chi connectivity index (χ1n) is 9.88. The van der Waals surface area contributed by atoms with Crippen LogP contribution in [0.3, 0.4) is 0 Å². The predicted molar refractivity (Wildman–Crippen MR) is 128 cm³/mol. The Morgan fingerprint density at radius 2 is 2.06 bits per heavy atom. The van der Waals surface area contributed by atoms with E-state index >= 15 is 0 Å². The normalized spacial score (nSPS) is 11.9. The van der Waals surface area contributed by atoms with Gasteiger partial charge in [-0.1, -0.05) is 18.7 Å². The molecule has 0 aromatic carbocycles. The molecule has 8 heteroatoms. The highest BCUT2D eigenvalue weighted by atomic mass is 32.1. The van der Waals surface area contributed by atoms with Crippen LogP contribution in [-0.2, 0) is 0 Å². The maximum absolute atomic E-state index is 13.7. The van der Waals surface area contributed by atoms with Crippen LogP contribution >= 0.6 is 11.3 Å². The van der Waals surface area contributed by atoms with E-state index in [1.807, 2.05) is 37.3 Å². The lowest BCUT2D eigenvalue weighted by molar-refractivity contribution is 0.657. The fourth-order valence-electron chi connectivity index (χ4n) is 3.69. The number of allylic oxidation sites excluding steroid dienone is 2. The van der Waals surface area contributed by atoms with Crippen molar-refractivity contribution in [2.45, 2.75) is 6.92 Å². The van der Waals surface area contributed by atoms with Crippen LogP contribution in [0.25, 0.3) is 39.3 Å². The quantitative estimate of drug-likeness (QED) is 0.303. The number of H-pyrrole nitrogens is 2. The lowest BCUT2D eigenvalue weighted by Gasteiger charge is -2.03. The molecule has 4 N–H and O–H groups in total. The zero-order valence-corrected chi connectivity index (χ0v) is 18.0. The number of hydrogen-bond donors (Lipinski definition) is 3. The standard InChI is InChI=1S/C24H19FN6S/c1-3-4-16(21-7-8-22(25)32-21)17-10-20(28-13(17)2)24-23-19(30-31-24)6-5-18(29-23)14-9-15(26)12-27-11-14/h3-12,28H,1,26H2,2H3,(H,30,31)/b16-4+. The van der Waals surface area contributed by atoms with Gasteiger partial charge in [-0.3, -0.25) is 10.1 Å². The highest BCUT2D eigenvalue weighted by Crippen LogP contribution is 2.35. The Labute approximate surface area is 187 Å². The Kier molecular flexibility index (Phi) is 4.91. The number of thiophene rings is 1. The molecule has 0 spiro atoms. The largest absolute Gasteiger partial charge is 0.397 e. The Morgan fingerprint density at radius 1 is 1.19 bits per heavy atom. The number of rotatable bonds is 5. The van der Waals surface area contributed by atoms with Crippen molar-refractivity contribution in [1.82, 2.24) is 25.1 Å².